The first-order valence-corrected chi connectivity index (χ1v) is 5.93. The van der Waals surface area contributed by atoms with Crippen LogP contribution in [0.1, 0.15) is 18.0 Å². The van der Waals surface area contributed by atoms with E-state index in [9.17, 15) is 0 Å². The summed E-state index contributed by atoms with van der Waals surface area (Å²) in [6, 6.07) is 4.12. The second-order valence-corrected chi connectivity index (χ2v) is 4.97. The number of benzene rings is 1. The Morgan fingerprint density at radius 3 is 3.08 bits per heavy atom. The van der Waals surface area contributed by atoms with Gasteiger partial charge in [-0.05, 0) is 50.7 Å². The molecule has 0 radical (unpaired) electrons. The van der Waals surface area contributed by atoms with Crippen LogP contribution in [0.3, 0.4) is 0 Å². The summed E-state index contributed by atoms with van der Waals surface area (Å²) in [5.41, 5.74) is 7.11. The Morgan fingerprint density at radius 2 is 2.31 bits per heavy atom. The molecule has 0 amide bonds. The van der Waals surface area contributed by atoms with Gasteiger partial charge in [0.2, 0.25) is 0 Å². The molecular weight excluding hydrogens is 345 g/mol. The Kier molecular flexibility index (Phi) is 2.80. The van der Waals surface area contributed by atoms with Crippen molar-refractivity contribution in [2.24, 2.45) is 5.73 Å². The van der Waals surface area contributed by atoms with Crippen molar-refractivity contribution < 1.29 is 4.74 Å². The Hall–Kier alpha value is 0.190. The van der Waals surface area contributed by atoms with Crippen LogP contribution < -0.4 is 10.5 Å². The molecule has 1 aliphatic rings. The van der Waals surface area contributed by atoms with Crippen LogP contribution in [0.5, 0.6) is 5.75 Å². The van der Waals surface area contributed by atoms with E-state index in [4.69, 9.17) is 10.5 Å². The third-order valence-electron chi connectivity index (χ3n) is 2.15. The number of hydrogen-bond acceptors (Lipinski definition) is 2. The first kappa shape index (κ1) is 9.73. The van der Waals surface area contributed by atoms with E-state index in [2.05, 4.69) is 38.5 Å². The molecule has 1 aromatic rings. The van der Waals surface area contributed by atoms with Crippen LogP contribution in [0.4, 0.5) is 0 Å². The van der Waals surface area contributed by atoms with Crippen molar-refractivity contribution in [2.45, 2.75) is 12.5 Å². The predicted molar refractivity (Wildman–Crippen MR) is 63.9 cm³/mol. The van der Waals surface area contributed by atoms with Gasteiger partial charge in [-0.15, -0.1) is 0 Å². The minimum Gasteiger partial charge on any atom is -0.493 e. The van der Waals surface area contributed by atoms with Gasteiger partial charge in [-0.25, -0.2) is 0 Å². The molecule has 4 heteroatoms. The molecule has 0 bridgehead atoms. The lowest BCUT2D eigenvalue weighted by atomic mass is 10.0. The lowest BCUT2D eigenvalue weighted by molar-refractivity contribution is 0.268. The molecule has 1 aromatic carbocycles. The van der Waals surface area contributed by atoms with E-state index in [1.807, 2.05) is 12.1 Å². The van der Waals surface area contributed by atoms with E-state index in [0.29, 0.717) is 0 Å². The van der Waals surface area contributed by atoms with Crippen molar-refractivity contribution in [2.75, 3.05) is 6.61 Å². The van der Waals surface area contributed by atoms with Crippen LogP contribution in [-0.2, 0) is 0 Å². The smallest absolute Gasteiger partial charge is 0.125 e. The van der Waals surface area contributed by atoms with E-state index in [0.717, 1.165) is 28.8 Å². The van der Waals surface area contributed by atoms with E-state index < -0.39 is 0 Å². The SMILES string of the molecule is NC1CCOc2ccc(I)c(Br)c21. The first-order valence-electron chi connectivity index (χ1n) is 4.06. The fourth-order valence-corrected chi connectivity index (χ4v) is 2.55. The Bertz CT molecular complexity index is 343. The normalized spacial score (nSPS) is 20.7. The van der Waals surface area contributed by atoms with Crippen LogP contribution in [-0.4, -0.2) is 6.61 Å². The topological polar surface area (TPSA) is 35.2 Å². The largest absolute Gasteiger partial charge is 0.493 e. The minimum absolute atomic E-state index is 0.104. The zero-order valence-electron chi connectivity index (χ0n) is 6.89. The lowest BCUT2D eigenvalue weighted by Gasteiger charge is -2.24. The molecule has 2 rings (SSSR count). The van der Waals surface area contributed by atoms with Gasteiger partial charge in [-0.3, -0.25) is 0 Å². The van der Waals surface area contributed by atoms with Crippen molar-refractivity contribution in [3.63, 3.8) is 0 Å². The fourth-order valence-electron chi connectivity index (χ4n) is 1.46. The van der Waals surface area contributed by atoms with E-state index in [-0.39, 0.29) is 6.04 Å². The molecular formula is C9H9BrINO. The molecule has 70 valence electrons. The number of ether oxygens (including phenoxy) is 1. The maximum absolute atomic E-state index is 6.00. The number of halogens is 2. The standard InChI is InChI=1S/C9H9BrINO/c10-9-5(11)1-2-7-8(9)6(12)3-4-13-7/h1-2,6H,3-4,12H2. The van der Waals surface area contributed by atoms with Crippen molar-refractivity contribution in [3.8, 4) is 5.75 Å². The maximum atomic E-state index is 6.00. The second-order valence-electron chi connectivity index (χ2n) is 3.02. The van der Waals surface area contributed by atoms with Gasteiger partial charge in [-0.2, -0.15) is 0 Å². The molecule has 0 aliphatic carbocycles. The molecule has 0 spiro atoms. The molecule has 0 aromatic heterocycles. The number of nitrogens with two attached hydrogens (primary N) is 1. The van der Waals surface area contributed by atoms with Crippen molar-refractivity contribution >= 4 is 38.5 Å². The molecule has 1 heterocycles. The molecule has 13 heavy (non-hydrogen) atoms. The molecule has 2 nitrogen and oxygen atoms in total. The molecule has 2 N–H and O–H groups in total. The van der Waals surface area contributed by atoms with Gasteiger partial charge in [0, 0.05) is 26.1 Å². The van der Waals surface area contributed by atoms with Gasteiger partial charge in [0.25, 0.3) is 0 Å². The highest BCUT2D eigenvalue weighted by Gasteiger charge is 2.21. The third-order valence-corrected chi connectivity index (χ3v) is 4.64. The number of hydrogen-bond donors (Lipinski definition) is 1. The Balaban J connectivity index is 2.58. The molecule has 0 fully saturated rings. The average molecular weight is 354 g/mol. The van der Waals surface area contributed by atoms with Crippen LogP contribution in [0.15, 0.2) is 16.6 Å². The van der Waals surface area contributed by atoms with Crippen molar-refractivity contribution in [1.29, 1.82) is 0 Å². The summed E-state index contributed by atoms with van der Waals surface area (Å²) in [4.78, 5) is 0. The lowest BCUT2D eigenvalue weighted by Crippen LogP contribution is -2.21. The third kappa shape index (κ3) is 1.71. The minimum atomic E-state index is 0.104. The Morgan fingerprint density at radius 1 is 1.54 bits per heavy atom. The molecule has 0 saturated carbocycles. The van der Waals surface area contributed by atoms with Crippen molar-refractivity contribution in [3.05, 3.63) is 25.7 Å². The summed E-state index contributed by atoms with van der Waals surface area (Å²) < 4.78 is 7.78. The number of rotatable bonds is 0. The van der Waals surface area contributed by atoms with Gasteiger partial charge in [0.1, 0.15) is 5.75 Å². The summed E-state index contributed by atoms with van der Waals surface area (Å²) in [7, 11) is 0. The van der Waals surface area contributed by atoms with Crippen LogP contribution in [0, 0.1) is 3.57 Å². The summed E-state index contributed by atoms with van der Waals surface area (Å²) in [6.45, 7) is 0.723. The highest BCUT2D eigenvalue weighted by atomic mass is 127. The number of fused-ring (bicyclic) bond motifs is 1. The average Bonchev–Trinajstić information content (AvgIpc) is 2.12. The van der Waals surface area contributed by atoms with Crippen LogP contribution >= 0.6 is 38.5 Å². The van der Waals surface area contributed by atoms with E-state index >= 15 is 0 Å². The molecule has 1 unspecified atom stereocenters. The maximum Gasteiger partial charge on any atom is 0.125 e. The Labute approximate surface area is 99.1 Å². The van der Waals surface area contributed by atoms with Gasteiger partial charge in [0.15, 0.2) is 0 Å². The fraction of sp³-hybridized carbons (Fsp3) is 0.333. The van der Waals surface area contributed by atoms with Gasteiger partial charge >= 0.3 is 0 Å². The van der Waals surface area contributed by atoms with Crippen molar-refractivity contribution in [1.82, 2.24) is 0 Å². The van der Waals surface area contributed by atoms with Crippen LogP contribution in [0.2, 0.25) is 0 Å². The second kappa shape index (κ2) is 3.74. The van der Waals surface area contributed by atoms with Gasteiger partial charge in [-0.1, -0.05) is 0 Å². The molecule has 1 aliphatic heterocycles. The predicted octanol–water partition coefficient (Wildman–Crippen LogP) is 2.84. The van der Waals surface area contributed by atoms with E-state index in [1.165, 1.54) is 3.57 Å². The zero-order valence-corrected chi connectivity index (χ0v) is 10.6. The summed E-state index contributed by atoms with van der Waals surface area (Å²) in [5.74, 6) is 0.922. The highest BCUT2D eigenvalue weighted by Crippen LogP contribution is 2.38. The van der Waals surface area contributed by atoms with Gasteiger partial charge in [0.05, 0.1) is 6.61 Å². The monoisotopic (exact) mass is 353 g/mol. The highest BCUT2D eigenvalue weighted by molar-refractivity contribution is 14.1. The molecule has 0 saturated heterocycles. The van der Waals surface area contributed by atoms with E-state index in [1.54, 1.807) is 0 Å². The van der Waals surface area contributed by atoms with Crippen LogP contribution in [0.25, 0.3) is 0 Å². The summed E-state index contributed by atoms with van der Waals surface area (Å²) in [6.07, 6.45) is 0.895. The summed E-state index contributed by atoms with van der Waals surface area (Å²) in [5, 5.41) is 0. The zero-order chi connectivity index (χ0) is 9.42. The first-order chi connectivity index (χ1) is 6.20. The molecule has 1 atom stereocenters. The summed E-state index contributed by atoms with van der Waals surface area (Å²) >= 11 is 5.82. The van der Waals surface area contributed by atoms with Gasteiger partial charge < -0.3 is 10.5 Å². The quantitative estimate of drug-likeness (QED) is 0.728.